The SMILES string of the molecule is CCNC(=NCc1ccco1)NCCCNC(=O)c1ccccc1.I. The van der Waals surface area contributed by atoms with E-state index in [4.69, 9.17) is 4.42 Å². The molecule has 0 radical (unpaired) electrons. The highest BCUT2D eigenvalue weighted by Gasteiger charge is 2.03. The lowest BCUT2D eigenvalue weighted by atomic mass is 10.2. The summed E-state index contributed by atoms with van der Waals surface area (Å²) < 4.78 is 5.26. The predicted octanol–water partition coefficient (Wildman–Crippen LogP) is 2.77. The van der Waals surface area contributed by atoms with Crippen LogP contribution < -0.4 is 16.0 Å². The summed E-state index contributed by atoms with van der Waals surface area (Å²) in [5.74, 6) is 1.51. The standard InChI is InChI=1S/C18H24N4O2.HI/c1-2-19-18(22-14-16-10-6-13-24-16)21-12-7-11-20-17(23)15-8-4-3-5-9-15;/h3-6,8-10,13H,2,7,11-12,14H2,1H3,(H,20,23)(H2,19,21,22);1H. The number of aliphatic imine (C=N–C) groups is 1. The van der Waals surface area contributed by atoms with E-state index in [0.29, 0.717) is 18.7 Å². The van der Waals surface area contributed by atoms with Gasteiger partial charge >= 0.3 is 0 Å². The summed E-state index contributed by atoms with van der Waals surface area (Å²) in [6, 6.07) is 13.0. The van der Waals surface area contributed by atoms with Crippen molar-refractivity contribution in [2.45, 2.75) is 19.9 Å². The van der Waals surface area contributed by atoms with Crippen LogP contribution in [-0.4, -0.2) is 31.5 Å². The summed E-state index contributed by atoms with van der Waals surface area (Å²) in [7, 11) is 0. The minimum Gasteiger partial charge on any atom is -0.467 e. The van der Waals surface area contributed by atoms with Crippen molar-refractivity contribution in [1.82, 2.24) is 16.0 Å². The summed E-state index contributed by atoms with van der Waals surface area (Å²) in [6.07, 6.45) is 2.45. The Morgan fingerprint density at radius 2 is 1.80 bits per heavy atom. The Morgan fingerprint density at radius 3 is 2.48 bits per heavy atom. The van der Waals surface area contributed by atoms with Gasteiger partial charge < -0.3 is 20.4 Å². The van der Waals surface area contributed by atoms with Crippen LogP contribution in [0.5, 0.6) is 0 Å². The second kappa shape index (κ2) is 12.3. The molecule has 3 N–H and O–H groups in total. The highest BCUT2D eigenvalue weighted by molar-refractivity contribution is 14.0. The van der Waals surface area contributed by atoms with Crippen molar-refractivity contribution in [3.05, 3.63) is 60.1 Å². The third-order valence-electron chi connectivity index (χ3n) is 3.28. The largest absolute Gasteiger partial charge is 0.467 e. The van der Waals surface area contributed by atoms with E-state index in [1.807, 2.05) is 37.3 Å². The van der Waals surface area contributed by atoms with Gasteiger partial charge in [-0.25, -0.2) is 4.99 Å². The van der Waals surface area contributed by atoms with Gasteiger partial charge in [-0.05, 0) is 37.6 Å². The molecule has 0 fully saturated rings. The number of benzene rings is 1. The number of guanidine groups is 1. The van der Waals surface area contributed by atoms with Crippen molar-refractivity contribution in [2.24, 2.45) is 4.99 Å². The van der Waals surface area contributed by atoms with Crippen LogP contribution in [0, 0.1) is 0 Å². The van der Waals surface area contributed by atoms with E-state index in [-0.39, 0.29) is 29.9 Å². The molecule has 1 aromatic carbocycles. The summed E-state index contributed by atoms with van der Waals surface area (Å²) in [6.45, 7) is 4.63. The Hall–Kier alpha value is -2.03. The van der Waals surface area contributed by atoms with E-state index >= 15 is 0 Å². The highest BCUT2D eigenvalue weighted by Crippen LogP contribution is 2.01. The minimum atomic E-state index is -0.0472. The van der Waals surface area contributed by atoms with Crippen LogP contribution in [0.3, 0.4) is 0 Å². The molecular formula is C18H25IN4O2. The topological polar surface area (TPSA) is 78.7 Å². The van der Waals surface area contributed by atoms with Gasteiger partial charge in [-0.3, -0.25) is 4.79 Å². The van der Waals surface area contributed by atoms with Crippen molar-refractivity contribution in [3.8, 4) is 0 Å². The molecule has 0 aliphatic rings. The van der Waals surface area contributed by atoms with Gasteiger partial charge in [0.2, 0.25) is 0 Å². The molecule has 136 valence electrons. The van der Waals surface area contributed by atoms with E-state index in [1.54, 1.807) is 18.4 Å². The lowest BCUT2D eigenvalue weighted by Gasteiger charge is -2.11. The third kappa shape index (κ3) is 8.06. The van der Waals surface area contributed by atoms with E-state index in [9.17, 15) is 4.79 Å². The zero-order valence-electron chi connectivity index (χ0n) is 14.3. The molecular weight excluding hydrogens is 431 g/mol. The lowest BCUT2D eigenvalue weighted by molar-refractivity contribution is 0.0953. The molecule has 7 heteroatoms. The first-order valence-electron chi connectivity index (χ1n) is 8.17. The van der Waals surface area contributed by atoms with E-state index in [1.165, 1.54) is 0 Å². The summed E-state index contributed by atoms with van der Waals surface area (Å²) >= 11 is 0. The van der Waals surface area contributed by atoms with Gasteiger partial charge in [-0.15, -0.1) is 24.0 Å². The molecule has 25 heavy (non-hydrogen) atoms. The maximum absolute atomic E-state index is 11.9. The van der Waals surface area contributed by atoms with Gasteiger partial charge in [0.05, 0.1) is 6.26 Å². The highest BCUT2D eigenvalue weighted by atomic mass is 127. The summed E-state index contributed by atoms with van der Waals surface area (Å²) in [4.78, 5) is 16.3. The Bertz CT molecular complexity index is 630. The Morgan fingerprint density at radius 1 is 1.04 bits per heavy atom. The minimum absolute atomic E-state index is 0. The molecule has 1 aromatic heterocycles. The molecule has 0 saturated heterocycles. The quantitative estimate of drug-likeness (QED) is 0.247. The van der Waals surface area contributed by atoms with Crippen LogP contribution in [0.15, 0.2) is 58.1 Å². The number of carbonyl (C=O) groups is 1. The Kier molecular flexibility index (Phi) is 10.4. The number of rotatable bonds is 8. The Balaban J connectivity index is 0.00000312. The molecule has 6 nitrogen and oxygen atoms in total. The monoisotopic (exact) mass is 456 g/mol. The number of amides is 1. The van der Waals surface area contributed by atoms with Gasteiger partial charge in [-0.1, -0.05) is 18.2 Å². The van der Waals surface area contributed by atoms with Crippen LogP contribution in [0.1, 0.15) is 29.5 Å². The van der Waals surface area contributed by atoms with E-state index < -0.39 is 0 Å². The van der Waals surface area contributed by atoms with Crippen LogP contribution in [0.2, 0.25) is 0 Å². The third-order valence-corrected chi connectivity index (χ3v) is 3.28. The number of carbonyl (C=O) groups excluding carboxylic acids is 1. The maximum atomic E-state index is 11.9. The second-order valence-electron chi connectivity index (χ2n) is 5.18. The zero-order chi connectivity index (χ0) is 17.0. The molecule has 1 amide bonds. The van der Waals surface area contributed by atoms with E-state index in [2.05, 4.69) is 20.9 Å². The molecule has 0 spiro atoms. The van der Waals surface area contributed by atoms with Crippen LogP contribution in [0.25, 0.3) is 0 Å². The predicted molar refractivity (Wildman–Crippen MR) is 110 cm³/mol. The van der Waals surface area contributed by atoms with Gasteiger partial charge in [0.25, 0.3) is 5.91 Å². The van der Waals surface area contributed by atoms with Gasteiger partial charge in [0.1, 0.15) is 12.3 Å². The van der Waals surface area contributed by atoms with Crippen LogP contribution in [-0.2, 0) is 6.54 Å². The normalized spacial score (nSPS) is 10.7. The molecule has 2 aromatic rings. The van der Waals surface area contributed by atoms with Crippen molar-refractivity contribution in [3.63, 3.8) is 0 Å². The maximum Gasteiger partial charge on any atom is 0.251 e. The molecule has 0 aliphatic carbocycles. The molecule has 0 unspecified atom stereocenters. The van der Waals surface area contributed by atoms with Crippen LogP contribution >= 0.6 is 24.0 Å². The van der Waals surface area contributed by atoms with Crippen molar-refractivity contribution in [1.29, 1.82) is 0 Å². The molecule has 0 aliphatic heterocycles. The average molecular weight is 456 g/mol. The van der Waals surface area contributed by atoms with Crippen molar-refractivity contribution < 1.29 is 9.21 Å². The molecule has 0 bridgehead atoms. The second-order valence-corrected chi connectivity index (χ2v) is 5.18. The number of nitrogens with zero attached hydrogens (tertiary/aromatic N) is 1. The molecule has 0 saturated carbocycles. The average Bonchev–Trinajstić information content (AvgIpc) is 3.13. The molecule has 1 heterocycles. The summed E-state index contributed by atoms with van der Waals surface area (Å²) in [5, 5.41) is 9.33. The summed E-state index contributed by atoms with van der Waals surface area (Å²) in [5.41, 5.74) is 0.679. The molecule has 2 rings (SSSR count). The number of hydrogen-bond donors (Lipinski definition) is 3. The molecule has 0 atom stereocenters. The van der Waals surface area contributed by atoms with Crippen molar-refractivity contribution in [2.75, 3.05) is 19.6 Å². The lowest BCUT2D eigenvalue weighted by Crippen LogP contribution is -2.38. The fraction of sp³-hybridized carbons (Fsp3) is 0.333. The van der Waals surface area contributed by atoms with Crippen molar-refractivity contribution >= 4 is 35.8 Å². The fourth-order valence-electron chi connectivity index (χ4n) is 2.09. The zero-order valence-corrected chi connectivity index (χ0v) is 16.7. The number of hydrogen-bond acceptors (Lipinski definition) is 3. The van der Waals surface area contributed by atoms with E-state index in [0.717, 1.165) is 31.2 Å². The number of halogens is 1. The Labute approximate surface area is 165 Å². The van der Waals surface area contributed by atoms with Crippen LogP contribution in [0.4, 0.5) is 0 Å². The first-order chi connectivity index (χ1) is 11.8. The number of furan rings is 1. The first-order valence-corrected chi connectivity index (χ1v) is 8.17. The first kappa shape index (κ1) is 21.0. The van der Waals surface area contributed by atoms with Gasteiger partial charge in [0, 0.05) is 25.2 Å². The van der Waals surface area contributed by atoms with Gasteiger partial charge in [0.15, 0.2) is 5.96 Å². The fourth-order valence-corrected chi connectivity index (χ4v) is 2.09. The number of nitrogens with one attached hydrogen (secondary N) is 3. The van der Waals surface area contributed by atoms with Gasteiger partial charge in [-0.2, -0.15) is 0 Å². The smallest absolute Gasteiger partial charge is 0.251 e.